The fourth-order valence-corrected chi connectivity index (χ4v) is 1.52. The van der Waals surface area contributed by atoms with E-state index in [9.17, 15) is 0 Å². The van der Waals surface area contributed by atoms with Crippen LogP contribution in [0.15, 0.2) is 12.4 Å². The van der Waals surface area contributed by atoms with Crippen molar-refractivity contribution in [3.8, 4) is 5.75 Å². The summed E-state index contributed by atoms with van der Waals surface area (Å²) in [6.45, 7) is 7.64. The lowest BCUT2D eigenvalue weighted by Crippen LogP contribution is -2.25. The molecule has 0 aliphatic rings. The van der Waals surface area contributed by atoms with Gasteiger partial charge in [-0.05, 0) is 26.8 Å². The maximum atomic E-state index is 5.27. The zero-order valence-electron chi connectivity index (χ0n) is 11.0. The van der Waals surface area contributed by atoms with Crippen LogP contribution in [0.5, 0.6) is 5.75 Å². The van der Waals surface area contributed by atoms with E-state index >= 15 is 0 Å². The first-order valence-corrected chi connectivity index (χ1v) is 6.14. The van der Waals surface area contributed by atoms with E-state index in [1.165, 1.54) is 0 Å². The van der Waals surface area contributed by atoms with Gasteiger partial charge in [0.15, 0.2) is 5.75 Å². The van der Waals surface area contributed by atoms with Gasteiger partial charge in [0.05, 0.1) is 25.5 Å². The van der Waals surface area contributed by atoms with Crippen molar-refractivity contribution in [2.24, 2.45) is 0 Å². The lowest BCUT2D eigenvalue weighted by molar-refractivity contribution is 0.144. The van der Waals surface area contributed by atoms with Gasteiger partial charge in [-0.3, -0.25) is 4.68 Å². The molecule has 1 heterocycles. The van der Waals surface area contributed by atoms with Gasteiger partial charge in [0.2, 0.25) is 0 Å². The molecule has 1 rings (SSSR count). The lowest BCUT2D eigenvalue weighted by atomic mass is 10.3. The molecule has 1 aromatic rings. The first-order valence-electron chi connectivity index (χ1n) is 6.14. The Morgan fingerprint density at radius 2 is 2.35 bits per heavy atom. The van der Waals surface area contributed by atoms with E-state index in [4.69, 9.17) is 9.47 Å². The summed E-state index contributed by atoms with van der Waals surface area (Å²) in [6, 6.07) is 0.325. The molecule has 5 heteroatoms. The van der Waals surface area contributed by atoms with Crippen molar-refractivity contribution in [2.45, 2.75) is 26.3 Å². The first-order chi connectivity index (χ1) is 8.27. The number of ether oxygens (including phenoxy) is 2. The summed E-state index contributed by atoms with van der Waals surface area (Å²) < 4.78 is 12.3. The third-order valence-electron chi connectivity index (χ3n) is 2.55. The van der Waals surface area contributed by atoms with Gasteiger partial charge in [-0.2, -0.15) is 5.10 Å². The molecule has 98 valence electrons. The van der Waals surface area contributed by atoms with Gasteiger partial charge in [-0.25, -0.2) is 0 Å². The van der Waals surface area contributed by atoms with E-state index in [0.29, 0.717) is 6.04 Å². The summed E-state index contributed by atoms with van der Waals surface area (Å²) >= 11 is 0. The van der Waals surface area contributed by atoms with Crippen molar-refractivity contribution < 1.29 is 9.47 Å². The Kier molecular flexibility index (Phi) is 6.65. The number of nitrogens with zero attached hydrogens (tertiary/aromatic N) is 2. The molecular formula is C12H23N3O2. The van der Waals surface area contributed by atoms with Gasteiger partial charge in [0, 0.05) is 19.8 Å². The van der Waals surface area contributed by atoms with Crippen LogP contribution in [0.2, 0.25) is 0 Å². The van der Waals surface area contributed by atoms with E-state index in [1.54, 1.807) is 13.3 Å². The molecule has 1 aromatic heterocycles. The zero-order valence-corrected chi connectivity index (χ0v) is 11.0. The van der Waals surface area contributed by atoms with Crippen molar-refractivity contribution in [1.29, 1.82) is 0 Å². The topological polar surface area (TPSA) is 48.3 Å². The van der Waals surface area contributed by atoms with Crippen LogP contribution >= 0.6 is 0 Å². The second kappa shape index (κ2) is 8.08. The molecule has 17 heavy (non-hydrogen) atoms. The van der Waals surface area contributed by atoms with E-state index in [2.05, 4.69) is 17.3 Å². The molecule has 0 bridgehead atoms. The van der Waals surface area contributed by atoms with Crippen molar-refractivity contribution in [1.82, 2.24) is 15.1 Å². The average molecular weight is 241 g/mol. The maximum Gasteiger partial charge on any atom is 0.156 e. The Morgan fingerprint density at radius 3 is 3.00 bits per heavy atom. The number of hydrogen-bond acceptors (Lipinski definition) is 4. The molecule has 0 fully saturated rings. The Morgan fingerprint density at radius 1 is 1.53 bits per heavy atom. The molecule has 0 saturated carbocycles. The molecule has 0 aliphatic heterocycles. The lowest BCUT2D eigenvalue weighted by Gasteiger charge is -2.13. The van der Waals surface area contributed by atoms with E-state index in [1.807, 2.05) is 17.8 Å². The Balaban J connectivity index is 2.14. The van der Waals surface area contributed by atoms with Crippen LogP contribution in [0, 0.1) is 0 Å². The third-order valence-corrected chi connectivity index (χ3v) is 2.55. The predicted octanol–water partition coefficient (Wildman–Crippen LogP) is 1.47. The predicted molar refractivity (Wildman–Crippen MR) is 67.5 cm³/mol. The van der Waals surface area contributed by atoms with Gasteiger partial charge in [0.1, 0.15) is 0 Å². The van der Waals surface area contributed by atoms with Gasteiger partial charge in [0.25, 0.3) is 0 Å². The van der Waals surface area contributed by atoms with E-state index < -0.39 is 0 Å². The van der Waals surface area contributed by atoms with Crippen LogP contribution in [0.1, 0.15) is 26.3 Å². The van der Waals surface area contributed by atoms with Gasteiger partial charge >= 0.3 is 0 Å². The summed E-state index contributed by atoms with van der Waals surface area (Å²) in [4.78, 5) is 0. The summed E-state index contributed by atoms with van der Waals surface area (Å²) in [5.74, 6) is 0.799. The Hall–Kier alpha value is -1.07. The van der Waals surface area contributed by atoms with Crippen LogP contribution in [0.25, 0.3) is 0 Å². The highest BCUT2D eigenvalue weighted by molar-refractivity contribution is 5.11. The van der Waals surface area contributed by atoms with Gasteiger partial charge in [-0.1, -0.05) is 0 Å². The molecule has 1 atom stereocenters. The van der Waals surface area contributed by atoms with Crippen molar-refractivity contribution in [3.05, 3.63) is 12.4 Å². The number of hydrogen-bond donors (Lipinski definition) is 1. The van der Waals surface area contributed by atoms with Crippen LogP contribution in [0.4, 0.5) is 0 Å². The molecule has 0 spiro atoms. The van der Waals surface area contributed by atoms with Crippen molar-refractivity contribution >= 4 is 0 Å². The minimum atomic E-state index is 0.325. The molecule has 1 N–H and O–H groups in total. The summed E-state index contributed by atoms with van der Waals surface area (Å²) in [6.07, 6.45) is 4.68. The number of methoxy groups -OCH3 is 1. The van der Waals surface area contributed by atoms with Gasteiger partial charge in [-0.15, -0.1) is 0 Å². The van der Waals surface area contributed by atoms with Crippen LogP contribution in [-0.4, -0.2) is 43.2 Å². The van der Waals surface area contributed by atoms with E-state index in [0.717, 1.165) is 38.5 Å². The summed E-state index contributed by atoms with van der Waals surface area (Å²) in [7, 11) is 1.65. The van der Waals surface area contributed by atoms with Crippen molar-refractivity contribution in [2.75, 3.05) is 33.4 Å². The SMILES string of the molecule is CCOCCCNCC(C)n1cc(OC)cn1. The minimum Gasteiger partial charge on any atom is -0.493 e. The Bertz CT molecular complexity index is 302. The molecule has 0 saturated heterocycles. The second-order valence-corrected chi connectivity index (χ2v) is 3.96. The van der Waals surface area contributed by atoms with E-state index in [-0.39, 0.29) is 0 Å². The fraction of sp³-hybridized carbons (Fsp3) is 0.750. The quantitative estimate of drug-likeness (QED) is 0.665. The number of aromatic nitrogens is 2. The normalized spacial score (nSPS) is 12.6. The maximum absolute atomic E-state index is 5.27. The fourth-order valence-electron chi connectivity index (χ4n) is 1.52. The van der Waals surface area contributed by atoms with Crippen LogP contribution < -0.4 is 10.1 Å². The standard InChI is InChI=1S/C12H23N3O2/c1-4-17-7-5-6-13-8-11(2)15-10-12(16-3)9-14-15/h9-11,13H,4-8H2,1-3H3. The molecule has 0 aromatic carbocycles. The number of rotatable bonds is 9. The molecule has 0 amide bonds. The zero-order chi connectivity index (χ0) is 12.5. The smallest absolute Gasteiger partial charge is 0.156 e. The summed E-state index contributed by atoms with van der Waals surface area (Å²) in [5.41, 5.74) is 0. The highest BCUT2D eigenvalue weighted by atomic mass is 16.5. The Labute approximate surface area is 103 Å². The molecule has 0 aliphatic carbocycles. The molecule has 1 unspecified atom stereocenters. The largest absolute Gasteiger partial charge is 0.493 e. The molecular weight excluding hydrogens is 218 g/mol. The summed E-state index contributed by atoms with van der Waals surface area (Å²) in [5, 5.41) is 7.63. The minimum absolute atomic E-state index is 0.325. The first kappa shape index (κ1) is 14.0. The number of nitrogens with one attached hydrogen (secondary N) is 1. The van der Waals surface area contributed by atoms with Gasteiger partial charge < -0.3 is 14.8 Å². The highest BCUT2D eigenvalue weighted by Crippen LogP contribution is 2.11. The van der Waals surface area contributed by atoms with Crippen LogP contribution in [-0.2, 0) is 4.74 Å². The third kappa shape index (κ3) is 5.19. The molecule has 0 radical (unpaired) electrons. The van der Waals surface area contributed by atoms with Crippen LogP contribution in [0.3, 0.4) is 0 Å². The monoisotopic (exact) mass is 241 g/mol. The van der Waals surface area contributed by atoms with Crippen molar-refractivity contribution in [3.63, 3.8) is 0 Å². The second-order valence-electron chi connectivity index (χ2n) is 3.96. The molecule has 5 nitrogen and oxygen atoms in total. The highest BCUT2D eigenvalue weighted by Gasteiger charge is 2.05. The average Bonchev–Trinajstić information content (AvgIpc) is 2.82.